The predicted molar refractivity (Wildman–Crippen MR) is 88.1 cm³/mol. The van der Waals surface area contributed by atoms with E-state index in [1.54, 1.807) is 10.8 Å². The van der Waals surface area contributed by atoms with Crippen molar-refractivity contribution in [1.82, 2.24) is 19.9 Å². The number of aromatic nitrogens is 3. The van der Waals surface area contributed by atoms with Gasteiger partial charge in [0.2, 0.25) is 17.8 Å². The van der Waals surface area contributed by atoms with Crippen molar-refractivity contribution < 1.29 is 9.59 Å². The first-order valence-electron chi connectivity index (χ1n) is 7.67. The molecule has 1 aliphatic rings. The van der Waals surface area contributed by atoms with Crippen LogP contribution in [0.1, 0.15) is 18.2 Å². The highest BCUT2D eigenvalue weighted by Crippen LogP contribution is 2.30. The third kappa shape index (κ3) is 2.50. The molecule has 2 aromatic heterocycles. The maximum absolute atomic E-state index is 12.7. The minimum Gasteiger partial charge on any atom is -0.349 e. The largest absolute Gasteiger partial charge is 0.349 e. The minimum absolute atomic E-state index is 0.0847. The molecule has 3 aromatic rings. The monoisotopic (exact) mass is 321 g/mol. The molecule has 0 saturated carbocycles. The van der Waals surface area contributed by atoms with Gasteiger partial charge < -0.3 is 5.32 Å². The molecule has 1 atom stereocenters. The Balaban J connectivity index is 1.64. The van der Waals surface area contributed by atoms with Crippen LogP contribution in [-0.4, -0.2) is 26.3 Å². The first-order chi connectivity index (χ1) is 11.7. The van der Waals surface area contributed by atoms with Crippen LogP contribution in [0.5, 0.6) is 0 Å². The second kappa shape index (κ2) is 5.77. The number of nitrogens with one attached hydrogen (secondary N) is 2. The molecule has 0 radical (unpaired) electrons. The Morgan fingerprint density at radius 1 is 1.25 bits per heavy atom. The maximum Gasteiger partial charge on any atom is 0.244 e. The molecule has 2 amide bonds. The van der Waals surface area contributed by atoms with Crippen LogP contribution in [0.15, 0.2) is 48.7 Å². The lowest BCUT2D eigenvalue weighted by atomic mass is 10.1. The number of amides is 2. The number of pyridine rings is 1. The number of benzene rings is 1. The molecule has 3 heterocycles. The summed E-state index contributed by atoms with van der Waals surface area (Å²) in [5, 5.41) is 5.58. The van der Waals surface area contributed by atoms with Crippen LogP contribution in [0.2, 0.25) is 0 Å². The average Bonchev–Trinajstić information content (AvgIpc) is 2.98. The van der Waals surface area contributed by atoms with E-state index in [-0.39, 0.29) is 18.2 Å². The molecule has 7 nitrogen and oxygen atoms in total. The Morgan fingerprint density at radius 3 is 2.92 bits per heavy atom. The van der Waals surface area contributed by atoms with Gasteiger partial charge in [-0.05, 0) is 24.3 Å². The van der Waals surface area contributed by atoms with E-state index < -0.39 is 6.04 Å². The smallest absolute Gasteiger partial charge is 0.244 e. The highest BCUT2D eigenvalue weighted by atomic mass is 16.2. The van der Waals surface area contributed by atoms with E-state index in [4.69, 9.17) is 0 Å². The number of anilines is 1. The molecule has 0 fully saturated rings. The highest BCUT2D eigenvalue weighted by Gasteiger charge is 2.32. The van der Waals surface area contributed by atoms with E-state index in [1.807, 2.05) is 42.5 Å². The lowest BCUT2D eigenvalue weighted by Crippen LogP contribution is -2.38. The van der Waals surface area contributed by atoms with Crippen LogP contribution in [0, 0.1) is 0 Å². The SMILES string of the molecule is O=C1C[C@H](C(=O)NCc2ccccn2)n2c(nc3ccccc32)N1. The van der Waals surface area contributed by atoms with Gasteiger partial charge in [0.05, 0.1) is 29.7 Å². The standard InChI is InChI=1S/C17H15N5O2/c23-15-9-14(16(24)19-10-11-5-3-4-8-18-11)22-13-7-2-1-6-12(13)20-17(22)21-15/h1-8,14H,9-10H2,(H,19,24)(H,20,21,23)/t14-/m1/s1. The lowest BCUT2D eigenvalue weighted by Gasteiger charge is -2.24. The highest BCUT2D eigenvalue weighted by molar-refractivity contribution is 5.99. The molecule has 0 unspecified atom stereocenters. The summed E-state index contributed by atoms with van der Waals surface area (Å²) in [4.78, 5) is 33.2. The number of hydrogen-bond acceptors (Lipinski definition) is 4. The van der Waals surface area contributed by atoms with E-state index >= 15 is 0 Å². The van der Waals surface area contributed by atoms with Gasteiger partial charge in [-0.1, -0.05) is 18.2 Å². The van der Waals surface area contributed by atoms with Crippen molar-refractivity contribution in [3.63, 3.8) is 0 Å². The molecule has 0 bridgehead atoms. The lowest BCUT2D eigenvalue weighted by molar-refractivity contribution is -0.128. The number of nitrogens with zero attached hydrogens (tertiary/aromatic N) is 3. The fourth-order valence-corrected chi connectivity index (χ4v) is 2.90. The Labute approximate surface area is 137 Å². The number of fused-ring (bicyclic) bond motifs is 3. The Hall–Kier alpha value is -3.22. The van der Waals surface area contributed by atoms with Crippen molar-refractivity contribution in [3.8, 4) is 0 Å². The minimum atomic E-state index is -0.620. The van der Waals surface area contributed by atoms with Gasteiger partial charge in [-0.25, -0.2) is 4.98 Å². The quantitative estimate of drug-likeness (QED) is 0.767. The van der Waals surface area contributed by atoms with Gasteiger partial charge >= 0.3 is 0 Å². The topological polar surface area (TPSA) is 88.9 Å². The van der Waals surface area contributed by atoms with Crippen molar-refractivity contribution in [3.05, 3.63) is 54.4 Å². The Bertz CT molecular complexity index is 919. The van der Waals surface area contributed by atoms with E-state index in [1.165, 1.54) is 0 Å². The predicted octanol–water partition coefficient (Wildman–Crippen LogP) is 1.63. The maximum atomic E-state index is 12.7. The third-order valence-corrected chi connectivity index (χ3v) is 4.01. The van der Waals surface area contributed by atoms with Crippen LogP contribution in [0.3, 0.4) is 0 Å². The number of para-hydroxylation sites is 2. The summed E-state index contributed by atoms with van der Waals surface area (Å²) < 4.78 is 1.78. The molecule has 1 aromatic carbocycles. The van der Waals surface area contributed by atoms with Crippen LogP contribution in [-0.2, 0) is 16.1 Å². The van der Waals surface area contributed by atoms with Crippen molar-refractivity contribution >= 4 is 28.8 Å². The van der Waals surface area contributed by atoms with Gasteiger partial charge in [0.15, 0.2) is 0 Å². The van der Waals surface area contributed by atoms with Crippen molar-refractivity contribution in [2.45, 2.75) is 19.0 Å². The van der Waals surface area contributed by atoms with E-state index in [9.17, 15) is 9.59 Å². The first-order valence-corrected chi connectivity index (χ1v) is 7.67. The molecule has 7 heteroatoms. The van der Waals surface area contributed by atoms with Crippen molar-refractivity contribution in [2.24, 2.45) is 0 Å². The summed E-state index contributed by atoms with van der Waals surface area (Å²) in [6.07, 6.45) is 1.76. The second-order valence-electron chi connectivity index (χ2n) is 5.60. The van der Waals surface area contributed by atoms with Gasteiger partial charge in [-0.15, -0.1) is 0 Å². The Morgan fingerprint density at radius 2 is 2.08 bits per heavy atom. The summed E-state index contributed by atoms with van der Waals surface area (Å²) >= 11 is 0. The molecule has 4 rings (SSSR count). The van der Waals surface area contributed by atoms with Gasteiger partial charge in [0, 0.05) is 6.20 Å². The zero-order chi connectivity index (χ0) is 16.5. The summed E-state index contributed by atoms with van der Waals surface area (Å²) in [5.41, 5.74) is 2.34. The molecule has 0 saturated heterocycles. The fraction of sp³-hybridized carbons (Fsp3) is 0.176. The summed E-state index contributed by atoms with van der Waals surface area (Å²) in [7, 11) is 0. The number of carbonyl (C=O) groups is 2. The molecule has 120 valence electrons. The van der Waals surface area contributed by atoms with Crippen LogP contribution < -0.4 is 10.6 Å². The number of rotatable bonds is 3. The number of imidazole rings is 1. The average molecular weight is 321 g/mol. The molecule has 2 N–H and O–H groups in total. The zero-order valence-corrected chi connectivity index (χ0v) is 12.8. The number of carbonyl (C=O) groups excluding carboxylic acids is 2. The first kappa shape index (κ1) is 14.4. The van der Waals surface area contributed by atoms with Gasteiger partial charge in [-0.2, -0.15) is 0 Å². The van der Waals surface area contributed by atoms with Crippen LogP contribution in [0.4, 0.5) is 5.95 Å². The normalized spacial score (nSPS) is 16.5. The zero-order valence-electron chi connectivity index (χ0n) is 12.8. The molecular weight excluding hydrogens is 306 g/mol. The van der Waals surface area contributed by atoms with Crippen LogP contribution >= 0.6 is 0 Å². The molecule has 1 aliphatic heterocycles. The molecular formula is C17H15N5O2. The number of hydrogen-bond donors (Lipinski definition) is 2. The van der Waals surface area contributed by atoms with Crippen LogP contribution in [0.25, 0.3) is 11.0 Å². The van der Waals surface area contributed by atoms with E-state index in [0.29, 0.717) is 12.5 Å². The Kier molecular flexibility index (Phi) is 3.45. The second-order valence-corrected chi connectivity index (χ2v) is 5.60. The molecule has 24 heavy (non-hydrogen) atoms. The third-order valence-electron chi connectivity index (χ3n) is 4.01. The molecule has 0 aliphatic carbocycles. The fourth-order valence-electron chi connectivity index (χ4n) is 2.90. The van der Waals surface area contributed by atoms with Gasteiger partial charge in [0.1, 0.15) is 6.04 Å². The summed E-state index contributed by atoms with van der Waals surface area (Å²) in [6, 6.07) is 12.4. The summed E-state index contributed by atoms with van der Waals surface area (Å²) in [5.74, 6) is -0.0267. The van der Waals surface area contributed by atoms with Gasteiger partial charge in [0.25, 0.3) is 0 Å². The van der Waals surface area contributed by atoms with Crippen molar-refractivity contribution in [1.29, 1.82) is 0 Å². The molecule has 0 spiro atoms. The van der Waals surface area contributed by atoms with E-state index in [2.05, 4.69) is 20.6 Å². The summed E-state index contributed by atoms with van der Waals surface area (Å²) in [6.45, 7) is 0.319. The van der Waals surface area contributed by atoms with E-state index in [0.717, 1.165) is 16.7 Å². The van der Waals surface area contributed by atoms with Gasteiger partial charge in [-0.3, -0.25) is 24.5 Å². The van der Waals surface area contributed by atoms with Crippen molar-refractivity contribution in [2.75, 3.05) is 5.32 Å².